The van der Waals surface area contributed by atoms with Gasteiger partial charge < -0.3 is 10.4 Å². The second-order valence-corrected chi connectivity index (χ2v) is 3.06. The lowest BCUT2D eigenvalue weighted by Gasteiger charge is -2.03. The third-order valence-electron chi connectivity index (χ3n) is 1.64. The Morgan fingerprint density at radius 1 is 1.62 bits per heavy atom. The van der Waals surface area contributed by atoms with E-state index in [9.17, 15) is 4.79 Å². The Labute approximate surface area is 81.3 Å². The lowest BCUT2D eigenvalue weighted by Crippen LogP contribution is -2.06. The second kappa shape index (κ2) is 4.25. The Kier molecular flexibility index (Phi) is 3.28. The molecule has 0 heterocycles. The molecule has 0 unspecified atom stereocenters. The fraction of sp³-hybridized carbons (Fsp3) is 0.222. The van der Waals surface area contributed by atoms with E-state index in [-0.39, 0.29) is 10.6 Å². The predicted molar refractivity (Wildman–Crippen MR) is 51.2 cm³/mol. The van der Waals surface area contributed by atoms with Gasteiger partial charge in [-0.3, -0.25) is 0 Å². The van der Waals surface area contributed by atoms with Crippen molar-refractivity contribution in [3.63, 3.8) is 0 Å². The highest BCUT2D eigenvalue weighted by Crippen LogP contribution is 2.17. The van der Waals surface area contributed by atoms with Gasteiger partial charge in [0.1, 0.15) is 0 Å². The molecule has 0 spiro atoms. The molecule has 3 nitrogen and oxygen atoms in total. The van der Waals surface area contributed by atoms with Crippen LogP contribution in [0.5, 0.6) is 0 Å². The second-order valence-electron chi connectivity index (χ2n) is 2.65. The smallest absolute Gasteiger partial charge is 0.337 e. The first-order valence-corrected chi connectivity index (χ1v) is 4.19. The molecule has 0 fully saturated rings. The summed E-state index contributed by atoms with van der Waals surface area (Å²) >= 11 is 5.69. The molecule has 1 aromatic carbocycles. The van der Waals surface area contributed by atoms with E-state index in [2.05, 4.69) is 5.32 Å². The number of halogens is 1. The fourth-order valence-electron chi connectivity index (χ4n) is 1.05. The number of nitrogens with one attached hydrogen (secondary N) is 1. The van der Waals surface area contributed by atoms with Crippen molar-refractivity contribution in [1.82, 2.24) is 5.32 Å². The quantitative estimate of drug-likeness (QED) is 0.780. The minimum Gasteiger partial charge on any atom is -0.478 e. The van der Waals surface area contributed by atoms with E-state index in [1.165, 1.54) is 0 Å². The van der Waals surface area contributed by atoms with Gasteiger partial charge in [0.25, 0.3) is 0 Å². The molecule has 0 amide bonds. The SMILES string of the molecule is CNCc1ccc(Cl)c(C(=O)O)c1. The van der Waals surface area contributed by atoms with Gasteiger partial charge in [-0.1, -0.05) is 17.7 Å². The highest BCUT2D eigenvalue weighted by atomic mass is 35.5. The van der Waals surface area contributed by atoms with Crippen molar-refractivity contribution in [2.24, 2.45) is 0 Å². The summed E-state index contributed by atoms with van der Waals surface area (Å²) in [6.45, 7) is 0.636. The first-order valence-electron chi connectivity index (χ1n) is 3.81. The number of benzene rings is 1. The lowest BCUT2D eigenvalue weighted by atomic mass is 10.1. The van der Waals surface area contributed by atoms with Gasteiger partial charge >= 0.3 is 5.97 Å². The molecule has 0 saturated heterocycles. The van der Waals surface area contributed by atoms with E-state index in [1.54, 1.807) is 25.2 Å². The highest BCUT2D eigenvalue weighted by Gasteiger charge is 2.08. The molecule has 1 rings (SSSR count). The third kappa shape index (κ3) is 2.44. The van der Waals surface area contributed by atoms with Gasteiger partial charge in [-0.05, 0) is 24.7 Å². The molecule has 4 heteroatoms. The number of carbonyl (C=O) groups is 1. The summed E-state index contributed by atoms with van der Waals surface area (Å²) in [5.74, 6) is -0.997. The minimum atomic E-state index is -0.997. The van der Waals surface area contributed by atoms with Gasteiger partial charge in [0.2, 0.25) is 0 Å². The zero-order valence-corrected chi connectivity index (χ0v) is 7.93. The highest BCUT2D eigenvalue weighted by molar-refractivity contribution is 6.33. The minimum absolute atomic E-state index is 0.148. The van der Waals surface area contributed by atoms with Crippen molar-refractivity contribution >= 4 is 17.6 Å². The molecule has 0 radical (unpaired) electrons. The molecule has 1 aromatic rings. The number of hydrogen-bond donors (Lipinski definition) is 2. The Balaban J connectivity index is 3.04. The molecule has 0 aromatic heterocycles. The van der Waals surface area contributed by atoms with Crippen molar-refractivity contribution < 1.29 is 9.90 Å². The standard InChI is InChI=1S/C9H10ClNO2/c1-11-5-6-2-3-8(10)7(4-6)9(12)13/h2-4,11H,5H2,1H3,(H,12,13). The van der Waals surface area contributed by atoms with Crippen LogP contribution in [0.1, 0.15) is 15.9 Å². The molecular weight excluding hydrogens is 190 g/mol. The Morgan fingerprint density at radius 3 is 2.85 bits per heavy atom. The van der Waals surface area contributed by atoms with E-state index >= 15 is 0 Å². The van der Waals surface area contributed by atoms with Gasteiger partial charge in [0.05, 0.1) is 10.6 Å². The first-order chi connectivity index (χ1) is 6.15. The van der Waals surface area contributed by atoms with Crippen LogP contribution in [0.25, 0.3) is 0 Å². The molecule has 0 aliphatic rings. The van der Waals surface area contributed by atoms with Crippen LogP contribution in [0, 0.1) is 0 Å². The summed E-state index contributed by atoms with van der Waals surface area (Å²) < 4.78 is 0. The van der Waals surface area contributed by atoms with Crippen LogP contribution in [0.2, 0.25) is 5.02 Å². The molecule has 2 N–H and O–H groups in total. The van der Waals surface area contributed by atoms with Crippen molar-refractivity contribution in [3.8, 4) is 0 Å². The molecule has 0 bridgehead atoms. The van der Waals surface area contributed by atoms with Crippen LogP contribution in [-0.4, -0.2) is 18.1 Å². The number of aromatic carboxylic acids is 1. The zero-order chi connectivity index (χ0) is 9.84. The van der Waals surface area contributed by atoms with E-state index in [1.807, 2.05) is 0 Å². The largest absolute Gasteiger partial charge is 0.478 e. The molecule has 0 atom stereocenters. The number of carboxylic acids is 1. The van der Waals surface area contributed by atoms with E-state index in [4.69, 9.17) is 16.7 Å². The van der Waals surface area contributed by atoms with E-state index in [0.29, 0.717) is 6.54 Å². The number of carboxylic acid groups (broad SMARTS) is 1. The molecule has 0 saturated carbocycles. The molecule has 13 heavy (non-hydrogen) atoms. The van der Waals surface area contributed by atoms with Gasteiger partial charge in [-0.2, -0.15) is 0 Å². The predicted octanol–water partition coefficient (Wildman–Crippen LogP) is 1.76. The summed E-state index contributed by atoms with van der Waals surface area (Å²) in [6, 6.07) is 4.96. The monoisotopic (exact) mass is 199 g/mol. The molecular formula is C9H10ClNO2. The Morgan fingerprint density at radius 2 is 2.31 bits per heavy atom. The first kappa shape index (κ1) is 10.0. The van der Waals surface area contributed by atoms with Crippen molar-refractivity contribution in [2.45, 2.75) is 6.54 Å². The van der Waals surface area contributed by atoms with Crippen LogP contribution < -0.4 is 5.32 Å². The molecule has 0 aliphatic heterocycles. The van der Waals surface area contributed by atoms with Crippen LogP contribution in [0.4, 0.5) is 0 Å². The van der Waals surface area contributed by atoms with Crippen LogP contribution in [-0.2, 0) is 6.54 Å². The molecule has 70 valence electrons. The number of hydrogen-bond acceptors (Lipinski definition) is 2. The Bertz CT molecular complexity index is 325. The van der Waals surface area contributed by atoms with Crippen molar-refractivity contribution in [1.29, 1.82) is 0 Å². The van der Waals surface area contributed by atoms with Gasteiger partial charge in [0, 0.05) is 6.54 Å². The maximum Gasteiger partial charge on any atom is 0.337 e. The summed E-state index contributed by atoms with van der Waals surface area (Å²) in [5, 5.41) is 12.0. The van der Waals surface area contributed by atoms with Crippen molar-refractivity contribution in [3.05, 3.63) is 34.3 Å². The Hall–Kier alpha value is -1.06. The topological polar surface area (TPSA) is 49.3 Å². The van der Waals surface area contributed by atoms with Gasteiger partial charge in [-0.25, -0.2) is 4.79 Å². The lowest BCUT2D eigenvalue weighted by molar-refractivity contribution is 0.0697. The maximum absolute atomic E-state index is 10.7. The van der Waals surface area contributed by atoms with Gasteiger partial charge in [-0.15, -0.1) is 0 Å². The third-order valence-corrected chi connectivity index (χ3v) is 1.97. The summed E-state index contributed by atoms with van der Waals surface area (Å²) in [6.07, 6.45) is 0. The van der Waals surface area contributed by atoms with Crippen LogP contribution in [0.15, 0.2) is 18.2 Å². The summed E-state index contributed by atoms with van der Waals surface area (Å²) in [7, 11) is 1.80. The van der Waals surface area contributed by atoms with E-state index < -0.39 is 5.97 Å². The summed E-state index contributed by atoms with van der Waals surface area (Å²) in [5.41, 5.74) is 1.05. The van der Waals surface area contributed by atoms with Crippen LogP contribution >= 0.6 is 11.6 Å². The fourth-order valence-corrected chi connectivity index (χ4v) is 1.25. The normalized spacial score (nSPS) is 10.0. The average molecular weight is 200 g/mol. The number of rotatable bonds is 3. The molecule has 0 aliphatic carbocycles. The summed E-state index contributed by atoms with van der Waals surface area (Å²) in [4.78, 5) is 10.7. The van der Waals surface area contributed by atoms with Crippen molar-refractivity contribution in [2.75, 3.05) is 7.05 Å². The van der Waals surface area contributed by atoms with Gasteiger partial charge in [0.15, 0.2) is 0 Å². The maximum atomic E-state index is 10.7. The van der Waals surface area contributed by atoms with Crippen LogP contribution in [0.3, 0.4) is 0 Å². The van der Waals surface area contributed by atoms with E-state index in [0.717, 1.165) is 5.56 Å². The zero-order valence-electron chi connectivity index (χ0n) is 7.17. The average Bonchev–Trinajstić information content (AvgIpc) is 2.08.